The minimum Gasteiger partial charge on any atom is -0.399 e. The quantitative estimate of drug-likeness (QED) is 0.678. The van der Waals surface area contributed by atoms with Gasteiger partial charge in [-0.05, 0) is 58.8 Å². The second kappa shape index (κ2) is 5.93. The highest BCUT2D eigenvalue weighted by Gasteiger charge is 2.51. The number of carbonyl (C=O) groups is 1. The standard InChI is InChI=1S/C20H28BNO3/c1-19(2)20(3,4)25-21(24-19)15-7-5-6-13(10-15)18(23)14-11-16-8-9-17(12-14)22-16/h5-7,10,14,16-17,22H,8-9,11-12H2,1-4H3. The van der Waals surface area contributed by atoms with E-state index in [1.807, 2.05) is 52.0 Å². The molecule has 4 rings (SSSR count). The van der Waals surface area contributed by atoms with Crippen molar-refractivity contribution in [2.75, 3.05) is 0 Å². The number of fused-ring (bicyclic) bond motifs is 2. The Hall–Kier alpha value is -1.17. The summed E-state index contributed by atoms with van der Waals surface area (Å²) in [5.74, 6) is 0.420. The molecule has 2 unspecified atom stereocenters. The summed E-state index contributed by atoms with van der Waals surface area (Å²) in [5.41, 5.74) is 0.984. The largest absolute Gasteiger partial charge is 0.494 e. The molecule has 134 valence electrons. The van der Waals surface area contributed by atoms with Crippen LogP contribution < -0.4 is 10.8 Å². The van der Waals surface area contributed by atoms with Gasteiger partial charge >= 0.3 is 7.12 Å². The van der Waals surface area contributed by atoms with Crippen molar-refractivity contribution in [1.29, 1.82) is 0 Å². The normalized spacial score (nSPS) is 32.8. The monoisotopic (exact) mass is 341 g/mol. The van der Waals surface area contributed by atoms with Crippen LogP contribution in [0.2, 0.25) is 0 Å². The maximum atomic E-state index is 13.0. The molecule has 0 saturated carbocycles. The van der Waals surface area contributed by atoms with E-state index < -0.39 is 7.12 Å². The molecule has 3 saturated heterocycles. The topological polar surface area (TPSA) is 47.6 Å². The van der Waals surface area contributed by atoms with Gasteiger partial charge < -0.3 is 14.6 Å². The Morgan fingerprint density at radius 3 is 2.28 bits per heavy atom. The van der Waals surface area contributed by atoms with E-state index in [9.17, 15) is 4.79 Å². The van der Waals surface area contributed by atoms with Crippen molar-refractivity contribution in [2.45, 2.75) is 76.7 Å². The Kier molecular flexibility index (Phi) is 4.10. The summed E-state index contributed by atoms with van der Waals surface area (Å²) in [4.78, 5) is 13.0. The predicted octanol–water partition coefficient (Wildman–Crippen LogP) is 2.70. The molecule has 3 aliphatic rings. The highest BCUT2D eigenvalue weighted by Crippen LogP contribution is 2.37. The van der Waals surface area contributed by atoms with Gasteiger partial charge in [-0.25, -0.2) is 0 Å². The van der Waals surface area contributed by atoms with E-state index in [-0.39, 0.29) is 22.9 Å². The van der Waals surface area contributed by atoms with Gasteiger partial charge in [0.2, 0.25) is 0 Å². The minimum absolute atomic E-state index is 0.146. The fraction of sp³-hybridized carbons (Fsp3) is 0.650. The van der Waals surface area contributed by atoms with Crippen molar-refractivity contribution in [3.05, 3.63) is 29.8 Å². The highest BCUT2D eigenvalue weighted by molar-refractivity contribution is 6.62. The first-order chi connectivity index (χ1) is 11.7. The van der Waals surface area contributed by atoms with Gasteiger partial charge in [0.15, 0.2) is 5.78 Å². The lowest BCUT2D eigenvalue weighted by molar-refractivity contribution is 0.00578. The van der Waals surface area contributed by atoms with Crippen molar-refractivity contribution in [3.8, 4) is 0 Å². The molecule has 3 heterocycles. The van der Waals surface area contributed by atoms with Crippen LogP contribution in [0.3, 0.4) is 0 Å². The average molecular weight is 341 g/mol. The number of hydrogen-bond donors (Lipinski definition) is 1. The lowest BCUT2D eigenvalue weighted by Crippen LogP contribution is -2.41. The highest BCUT2D eigenvalue weighted by atomic mass is 16.7. The van der Waals surface area contributed by atoms with Crippen molar-refractivity contribution < 1.29 is 14.1 Å². The van der Waals surface area contributed by atoms with Gasteiger partial charge in [0, 0.05) is 23.6 Å². The third-order valence-electron chi connectivity index (χ3n) is 6.54. The van der Waals surface area contributed by atoms with Crippen LogP contribution in [0.15, 0.2) is 24.3 Å². The van der Waals surface area contributed by atoms with Crippen LogP contribution in [-0.4, -0.2) is 36.2 Å². The van der Waals surface area contributed by atoms with Crippen LogP contribution in [0.25, 0.3) is 0 Å². The van der Waals surface area contributed by atoms with Crippen LogP contribution in [0.1, 0.15) is 63.7 Å². The fourth-order valence-electron chi connectivity index (χ4n) is 4.32. The molecule has 0 aliphatic carbocycles. The zero-order valence-electron chi connectivity index (χ0n) is 15.7. The van der Waals surface area contributed by atoms with Crippen molar-refractivity contribution in [2.24, 2.45) is 5.92 Å². The van der Waals surface area contributed by atoms with Gasteiger partial charge in [0.25, 0.3) is 0 Å². The summed E-state index contributed by atoms with van der Waals surface area (Å²) in [5, 5.41) is 3.61. The molecule has 0 aromatic heterocycles. The summed E-state index contributed by atoms with van der Waals surface area (Å²) in [6.45, 7) is 8.19. The molecule has 0 amide bonds. The van der Waals surface area contributed by atoms with Crippen LogP contribution in [0.4, 0.5) is 0 Å². The Bertz CT molecular complexity index is 659. The number of benzene rings is 1. The Balaban J connectivity index is 1.53. The smallest absolute Gasteiger partial charge is 0.399 e. The summed E-state index contributed by atoms with van der Waals surface area (Å²) >= 11 is 0. The molecule has 5 heteroatoms. The van der Waals surface area contributed by atoms with Gasteiger partial charge in [-0.15, -0.1) is 0 Å². The SMILES string of the molecule is CC1(C)OB(c2cccc(C(=O)C3CC4CCC(C3)N4)c2)OC1(C)C. The first-order valence-electron chi connectivity index (χ1n) is 9.51. The van der Waals surface area contributed by atoms with Gasteiger partial charge in [-0.2, -0.15) is 0 Å². The molecule has 2 atom stereocenters. The predicted molar refractivity (Wildman–Crippen MR) is 99.2 cm³/mol. The van der Waals surface area contributed by atoms with Crippen LogP contribution >= 0.6 is 0 Å². The molecule has 25 heavy (non-hydrogen) atoms. The molecular formula is C20H28BNO3. The van der Waals surface area contributed by atoms with Crippen LogP contribution in [0.5, 0.6) is 0 Å². The Morgan fingerprint density at radius 2 is 1.68 bits per heavy atom. The number of hydrogen-bond acceptors (Lipinski definition) is 4. The second-order valence-corrected chi connectivity index (χ2v) is 8.88. The summed E-state index contributed by atoms with van der Waals surface area (Å²) < 4.78 is 12.3. The van der Waals surface area contributed by atoms with Crippen molar-refractivity contribution in [1.82, 2.24) is 5.32 Å². The van der Waals surface area contributed by atoms with E-state index in [2.05, 4.69) is 5.32 Å². The maximum absolute atomic E-state index is 13.0. The zero-order valence-corrected chi connectivity index (χ0v) is 15.7. The van der Waals surface area contributed by atoms with E-state index >= 15 is 0 Å². The van der Waals surface area contributed by atoms with E-state index in [0.717, 1.165) is 23.9 Å². The summed E-state index contributed by atoms with van der Waals surface area (Å²) in [7, 11) is -0.415. The third-order valence-corrected chi connectivity index (χ3v) is 6.54. The number of ketones is 1. The lowest BCUT2D eigenvalue weighted by atomic mass is 9.77. The number of piperidine rings is 1. The lowest BCUT2D eigenvalue weighted by Gasteiger charge is -2.32. The molecule has 3 fully saturated rings. The Morgan fingerprint density at radius 1 is 1.08 bits per heavy atom. The third kappa shape index (κ3) is 3.07. The maximum Gasteiger partial charge on any atom is 0.494 e. The van der Waals surface area contributed by atoms with Crippen LogP contribution in [0, 0.1) is 5.92 Å². The molecule has 1 aromatic carbocycles. The molecule has 0 spiro atoms. The van der Waals surface area contributed by atoms with Gasteiger partial charge in [0.1, 0.15) is 0 Å². The minimum atomic E-state index is -0.415. The first-order valence-corrected chi connectivity index (χ1v) is 9.51. The molecule has 0 radical (unpaired) electrons. The molecule has 3 aliphatic heterocycles. The van der Waals surface area contributed by atoms with E-state index in [0.29, 0.717) is 12.1 Å². The molecule has 4 nitrogen and oxygen atoms in total. The molecule has 1 aromatic rings. The van der Waals surface area contributed by atoms with E-state index in [1.54, 1.807) is 0 Å². The Labute approximate surface area is 150 Å². The number of carbonyl (C=O) groups excluding carboxylic acids is 1. The fourth-order valence-corrected chi connectivity index (χ4v) is 4.32. The summed E-state index contributed by atoms with van der Waals surface area (Å²) in [6.07, 6.45) is 4.36. The average Bonchev–Trinajstić information content (AvgIpc) is 3.01. The number of rotatable bonds is 3. The summed E-state index contributed by atoms with van der Waals surface area (Å²) in [6, 6.07) is 8.89. The molecule has 2 bridgehead atoms. The van der Waals surface area contributed by atoms with Gasteiger partial charge in [-0.3, -0.25) is 4.79 Å². The second-order valence-electron chi connectivity index (χ2n) is 8.88. The van der Waals surface area contributed by atoms with Crippen LogP contribution in [-0.2, 0) is 9.31 Å². The van der Waals surface area contributed by atoms with Crippen molar-refractivity contribution in [3.63, 3.8) is 0 Å². The van der Waals surface area contributed by atoms with Gasteiger partial charge in [-0.1, -0.05) is 24.3 Å². The first kappa shape index (κ1) is 17.3. The number of nitrogens with one attached hydrogen (secondary N) is 1. The molecular weight excluding hydrogens is 313 g/mol. The van der Waals surface area contributed by atoms with Gasteiger partial charge in [0.05, 0.1) is 11.2 Å². The zero-order chi connectivity index (χ0) is 17.8. The molecule has 1 N–H and O–H groups in total. The van der Waals surface area contributed by atoms with Crippen molar-refractivity contribution >= 4 is 18.4 Å². The van der Waals surface area contributed by atoms with E-state index in [4.69, 9.17) is 9.31 Å². The van der Waals surface area contributed by atoms with E-state index in [1.165, 1.54) is 12.8 Å². The number of Topliss-reactive ketones (excluding diaryl/α,β-unsaturated/α-hetero) is 1.